The molecule has 0 bridgehead atoms. The number of pyridine rings is 1. The first-order valence-corrected chi connectivity index (χ1v) is 5.77. The zero-order chi connectivity index (χ0) is 12.3. The summed E-state index contributed by atoms with van der Waals surface area (Å²) in [5, 5.41) is 7.71. The van der Waals surface area contributed by atoms with Crippen LogP contribution in [0.5, 0.6) is 0 Å². The summed E-state index contributed by atoms with van der Waals surface area (Å²) in [4.78, 5) is 4.14. The minimum Gasteiger partial charge on any atom is -0.311 e. The second kappa shape index (κ2) is 5.10. The van der Waals surface area contributed by atoms with Crippen LogP contribution >= 0.6 is 0 Å². The highest BCUT2D eigenvalue weighted by Crippen LogP contribution is 2.17. The minimum absolute atomic E-state index is 0.269. The summed E-state index contributed by atoms with van der Waals surface area (Å²) in [6.07, 6.45) is 4.63. The normalized spacial score (nSPS) is 12.6. The number of nitrogens with one attached hydrogen (secondary N) is 1. The highest BCUT2D eigenvalue weighted by atomic mass is 15.3. The van der Waals surface area contributed by atoms with Gasteiger partial charge in [-0.25, -0.2) is 0 Å². The molecule has 0 saturated heterocycles. The molecule has 0 fully saturated rings. The smallest absolute Gasteiger partial charge is 0.0597 e. The molecule has 0 aromatic carbocycles. The van der Waals surface area contributed by atoms with Crippen molar-refractivity contribution in [1.29, 1.82) is 0 Å². The SMILES string of the molecule is CNC(Cc1cccnc1)c1cc(C)nn1C. The van der Waals surface area contributed by atoms with E-state index in [1.807, 2.05) is 38.0 Å². The van der Waals surface area contributed by atoms with Gasteiger partial charge in [-0.1, -0.05) is 6.07 Å². The van der Waals surface area contributed by atoms with E-state index < -0.39 is 0 Å². The fourth-order valence-electron chi connectivity index (χ4n) is 2.07. The van der Waals surface area contributed by atoms with Gasteiger partial charge < -0.3 is 5.32 Å². The van der Waals surface area contributed by atoms with Crippen molar-refractivity contribution in [3.63, 3.8) is 0 Å². The zero-order valence-corrected chi connectivity index (χ0v) is 10.5. The standard InChI is InChI=1S/C13H18N4/c1-10-7-13(17(3)16-10)12(14-2)8-11-5-4-6-15-9-11/h4-7,9,12,14H,8H2,1-3H3. The summed E-state index contributed by atoms with van der Waals surface area (Å²) in [5.41, 5.74) is 3.48. The molecule has 0 spiro atoms. The summed E-state index contributed by atoms with van der Waals surface area (Å²) < 4.78 is 1.94. The van der Waals surface area contributed by atoms with Gasteiger partial charge >= 0.3 is 0 Å². The highest BCUT2D eigenvalue weighted by molar-refractivity contribution is 5.18. The van der Waals surface area contributed by atoms with Gasteiger partial charge in [-0.05, 0) is 38.1 Å². The molecule has 1 atom stereocenters. The Hall–Kier alpha value is -1.68. The van der Waals surface area contributed by atoms with E-state index in [-0.39, 0.29) is 6.04 Å². The van der Waals surface area contributed by atoms with Crippen molar-refractivity contribution in [2.24, 2.45) is 7.05 Å². The lowest BCUT2D eigenvalue weighted by molar-refractivity contribution is 0.536. The van der Waals surface area contributed by atoms with E-state index in [1.165, 1.54) is 11.3 Å². The average Bonchev–Trinajstić information content (AvgIpc) is 2.67. The third-order valence-electron chi connectivity index (χ3n) is 2.91. The van der Waals surface area contributed by atoms with E-state index in [1.54, 1.807) is 6.20 Å². The Morgan fingerprint density at radius 3 is 2.82 bits per heavy atom. The molecule has 0 radical (unpaired) electrons. The Morgan fingerprint density at radius 2 is 2.29 bits per heavy atom. The van der Waals surface area contributed by atoms with E-state index in [9.17, 15) is 0 Å². The summed E-state index contributed by atoms with van der Waals surface area (Å²) in [6, 6.07) is 6.46. The highest BCUT2D eigenvalue weighted by Gasteiger charge is 2.14. The molecule has 90 valence electrons. The first-order valence-electron chi connectivity index (χ1n) is 5.77. The molecule has 0 aliphatic heterocycles. The van der Waals surface area contributed by atoms with Crippen LogP contribution in [0, 0.1) is 6.92 Å². The molecule has 2 aromatic heterocycles. The van der Waals surface area contributed by atoms with Gasteiger partial charge in [-0.15, -0.1) is 0 Å². The largest absolute Gasteiger partial charge is 0.311 e. The van der Waals surface area contributed by atoms with Gasteiger partial charge in [-0.2, -0.15) is 5.10 Å². The number of aryl methyl sites for hydroxylation is 2. The Balaban J connectivity index is 2.20. The third kappa shape index (κ3) is 2.71. The molecular weight excluding hydrogens is 212 g/mol. The third-order valence-corrected chi connectivity index (χ3v) is 2.91. The van der Waals surface area contributed by atoms with E-state index in [4.69, 9.17) is 0 Å². The predicted octanol–water partition coefficient (Wildman–Crippen LogP) is 1.63. The van der Waals surface area contributed by atoms with E-state index in [0.29, 0.717) is 0 Å². The molecule has 1 unspecified atom stereocenters. The first-order chi connectivity index (χ1) is 8.20. The number of nitrogens with zero attached hydrogens (tertiary/aromatic N) is 3. The number of aromatic nitrogens is 3. The maximum Gasteiger partial charge on any atom is 0.0597 e. The fourth-order valence-corrected chi connectivity index (χ4v) is 2.07. The molecule has 0 aliphatic rings. The number of hydrogen-bond donors (Lipinski definition) is 1. The lowest BCUT2D eigenvalue weighted by Crippen LogP contribution is -2.21. The summed E-state index contributed by atoms with van der Waals surface area (Å²) >= 11 is 0. The molecule has 2 rings (SSSR count). The predicted molar refractivity (Wildman–Crippen MR) is 67.7 cm³/mol. The van der Waals surface area contributed by atoms with Gasteiger partial charge in [0, 0.05) is 19.4 Å². The molecule has 2 aromatic rings. The topological polar surface area (TPSA) is 42.7 Å². The number of hydrogen-bond acceptors (Lipinski definition) is 3. The van der Waals surface area contributed by atoms with Crippen LogP contribution in [0.3, 0.4) is 0 Å². The van der Waals surface area contributed by atoms with Gasteiger partial charge in [0.2, 0.25) is 0 Å². The fraction of sp³-hybridized carbons (Fsp3) is 0.385. The average molecular weight is 230 g/mol. The van der Waals surface area contributed by atoms with Crippen LogP contribution in [-0.2, 0) is 13.5 Å². The van der Waals surface area contributed by atoms with Crippen LogP contribution in [0.1, 0.15) is 23.0 Å². The van der Waals surface area contributed by atoms with Crippen molar-refractivity contribution in [2.75, 3.05) is 7.05 Å². The van der Waals surface area contributed by atoms with Gasteiger partial charge in [0.25, 0.3) is 0 Å². The molecule has 0 saturated carbocycles. The summed E-state index contributed by atoms with van der Waals surface area (Å²) in [7, 11) is 3.96. The Labute approximate surface area is 102 Å². The van der Waals surface area contributed by atoms with Crippen LogP contribution < -0.4 is 5.32 Å². The van der Waals surface area contributed by atoms with E-state index in [2.05, 4.69) is 27.5 Å². The van der Waals surface area contributed by atoms with Crippen LogP contribution in [0.2, 0.25) is 0 Å². The maximum absolute atomic E-state index is 4.38. The molecular formula is C13H18N4. The monoisotopic (exact) mass is 230 g/mol. The quantitative estimate of drug-likeness (QED) is 0.868. The van der Waals surface area contributed by atoms with Crippen LogP contribution in [0.25, 0.3) is 0 Å². The van der Waals surface area contributed by atoms with Gasteiger partial charge in [0.1, 0.15) is 0 Å². The molecule has 0 amide bonds. The van der Waals surface area contributed by atoms with Crippen LogP contribution in [-0.4, -0.2) is 21.8 Å². The Kier molecular flexibility index (Phi) is 3.54. The van der Waals surface area contributed by atoms with E-state index >= 15 is 0 Å². The lowest BCUT2D eigenvalue weighted by atomic mass is 10.0. The molecule has 2 heterocycles. The minimum atomic E-state index is 0.269. The Morgan fingerprint density at radius 1 is 1.47 bits per heavy atom. The maximum atomic E-state index is 4.38. The number of rotatable bonds is 4. The van der Waals surface area contributed by atoms with Crippen molar-refractivity contribution in [2.45, 2.75) is 19.4 Å². The van der Waals surface area contributed by atoms with Crippen molar-refractivity contribution in [3.05, 3.63) is 47.5 Å². The number of likely N-dealkylation sites (N-methyl/N-ethyl adjacent to an activating group) is 1. The van der Waals surface area contributed by atoms with Crippen LogP contribution in [0.4, 0.5) is 0 Å². The van der Waals surface area contributed by atoms with Crippen molar-refractivity contribution >= 4 is 0 Å². The molecule has 4 heteroatoms. The summed E-state index contributed by atoms with van der Waals surface area (Å²) in [6.45, 7) is 2.01. The zero-order valence-electron chi connectivity index (χ0n) is 10.5. The van der Waals surface area contributed by atoms with Gasteiger partial charge in [0.15, 0.2) is 0 Å². The second-order valence-corrected chi connectivity index (χ2v) is 4.24. The van der Waals surface area contributed by atoms with Gasteiger partial charge in [-0.3, -0.25) is 9.67 Å². The molecule has 1 N–H and O–H groups in total. The van der Waals surface area contributed by atoms with Gasteiger partial charge in [0.05, 0.1) is 17.4 Å². The van der Waals surface area contributed by atoms with Crippen LogP contribution in [0.15, 0.2) is 30.6 Å². The first kappa shape index (κ1) is 11.8. The van der Waals surface area contributed by atoms with Crippen molar-refractivity contribution in [1.82, 2.24) is 20.1 Å². The summed E-state index contributed by atoms with van der Waals surface area (Å²) in [5.74, 6) is 0. The Bertz CT molecular complexity index is 475. The van der Waals surface area contributed by atoms with Crippen molar-refractivity contribution < 1.29 is 0 Å². The second-order valence-electron chi connectivity index (χ2n) is 4.24. The molecule has 17 heavy (non-hydrogen) atoms. The molecule has 4 nitrogen and oxygen atoms in total. The van der Waals surface area contributed by atoms with Crippen molar-refractivity contribution in [3.8, 4) is 0 Å². The lowest BCUT2D eigenvalue weighted by Gasteiger charge is -2.16. The van der Waals surface area contributed by atoms with E-state index in [0.717, 1.165) is 12.1 Å². The molecule has 0 aliphatic carbocycles.